The van der Waals surface area contributed by atoms with Gasteiger partial charge in [-0.05, 0) is 48.9 Å². The minimum Gasteiger partial charge on any atom is -0.497 e. The van der Waals surface area contributed by atoms with E-state index in [1.807, 2.05) is 31.2 Å². The van der Waals surface area contributed by atoms with Gasteiger partial charge in [-0.25, -0.2) is 0 Å². The van der Waals surface area contributed by atoms with E-state index in [0.29, 0.717) is 17.9 Å². The maximum Gasteiger partial charge on any atom is 0.251 e. The minimum absolute atomic E-state index is 0.0925. The summed E-state index contributed by atoms with van der Waals surface area (Å²) in [6, 6.07) is 14.6. The zero-order chi connectivity index (χ0) is 16.7. The average molecular weight is 311 g/mol. The summed E-state index contributed by atoms with van der Waals surface area (Å²) in [5.74, 6) is 1.38. The van der Waals surface area contributed by atoms with Gasteiger partial charge in [0.15, 0.2) is 0 Å². The van der Waals surface area contributed by atoms with E-state index in [0.717, 1.165) is 11.3 Å². The topological polar surface area (TPSA) is 47.6 Å². The molecule has 2 rings (SSSR count). The Hall–Kier alpha value is -2.75. The molecule has 0 radical (unpaired) electrons. The molecule has 4 heteroatoms. The van der Waals surface area contributed by atoms with Crippen LogP contribution in [0.5, 0.6) is 11.5 Å². The lowest BCUT2D eigenvalue weighted by Crippen LogP contribution is -2.26. The largest absolute Gasteiger partial charge is 0.497 e. The quantitative estimate of drug-likeness (QED) is 0.792. The molecular weight excluding hydrogens is 290 g/mol. The summed E-state index contributed by atoms with van der Waals surface area (Å²) >= 11 is 0. The van der Waals surface area contributed by atoms with Crippen LogP contribution in [-0.4, -0.2) is 19.6 Å². The molecule has 0 fully saturated rings. The number of hydrogen-bond acceptors (Lipinski definition) is 3. The predicted molar refractivity (Wildman–Crippen MR) is 91.0 cm³/mol. The normalized spacial score (nSPS) is 11.4. The Kier molecular flexibility index (Phi) is 5.80. The van der Waals surface area contributed by atoms with Crippen LogP contribution >= 0.6 is 0 Å². The highest BCUT2D eigenvalue weighted by atomic mass is 16.5. The van der Waals surface area contributed by atoms with E-state index in [1.165, 1.54) is 0 Å². The summed E-state index contributed by atoms with van der Waals surface area (Å²) < 4.78 is 10.5. The molecule has 2 aromatic rings. The van der Waals surface area contributed by atoms with E-state index in [1.54, 1.807) is 37.5 Å². The summed E-state index contributed by atoms with van der Waals surface area (Å²) in [5.41, 5.74) is 1.61. The van der Waals surface area contributed by atoms with E-state index in [9.17, 15) is 4.79 Å². The minimum atomic E-state index is -0.122. The Balaban J connectivity index is 1.98. The number of benzene rings is 2. The van der Waals surface area contributed by atoms with Gasteiger partial charge in [0.1, 0.15) is 18.1 Å². The van der Waals surface area contributed by atoms with Gasteiger partial charge in [0.25, 0.3) is 5.91 Å². The molecule has 1 amide bonds. The summed E-state index contributed by atoms with van der Waals surface area (Å²) in [7, 11) is 1.63. The molecule has 120 valence electrons. The Bertz CT molecular complexity index is 647. The third-order valence-corrected chi connectivity index (χ3v) is 3.45. The fraction of sp³-hybridized carbons (Fsp3) is 0.211. The molecule has 0 spiro atoms. The van der Waals surface area contributed by atoms with E-state index in [4.69, 9.17) is 9.47 Å². The van der Waals surface area contributed by atoms with Gasteiger partial charge in [0.2, 0.25) is 0 Å². The van der Waals surface area contributed by atoms with Crippen molar-refractivity contribution in [1.82, 2.24) is 5.32 Å². The zero-order valence-electron chi connectivity index (χ0n) is 13.4. The molecule has 0 saturated heterocycles. The standard InChI is InChI=1S/C19H21NO3/c1-4-13-23-18-11-7-16(8-12-18)19(21)20-14(2)15-5-9-17(22-3)10-6-15/h4-12,14H,1,13H2,2-3H3,(H,20,21)/t14-/m0/s1. The molecule has 23 heavy (non-hydrogen) atoms. The van der Waals surface area contributed by atoms with Crippen LogP contribution in [0.25, 0.3) is 0 Å². The van der Waals surface area contributed by atoms with Gasteiger partial charge in [-0.2, -0.15) is 0 Å². The lowest BCUT2D eigenvalue weighted by atomic mass is 10.1. The first-order chi connectivity index (χ1) is 11.1. The molecule has 0 aromatic heterocycles. The predicted octanol–water partition coefficient (Wildman–Crippen LogP) is 3.75. The number of carbonyl (C=O) groups excluding carboxylic acids is 1. The monoisotopic (exact) mass is 311 g/mol. The number of hydrogen-bond donors (Lipinski definition) is 1. The van der Waals surface area contributed by atoms with Crippen molar-refractivity contribution in [3.8, 4) is 11.5 Å². The second-order valence-electron chi connectivity index (χ2n) is 5.09. The summed E-state index contributed by atoms with van der Waals surface area (Å²) in [5, 5.41) is 2.98. The highest BCUT2D eigenvalue weighted by molar-refractivity contribution is 5.94. The van der Waals surface area contributed by atoms with E-state index >= 15 is 0 Å². The third kappa shape index (κ3) is 4.61. The van der Waals surface area contributed by atoms with E-state index < -0.39 is 0 Å². The molecule has 0 unspecified atom stereocenters. The summed E-state index contributed by atoms with van der Waals surface area (Å²) in [6.45, 7) is 5.99. The first-order valence-electron chi connectivity index (χ1n) is 7.42. The molecule has 2 aromatic carbocycles. The lowest BCUT2D eigenvalue weighted by molar-refractivity contribution is 0.0940. The first kappa shape index (κ1) is 16.6. The van der Waals surface area contributed by atoms with Gasteiger partial charge in [-0.1, -0.05) is 24.8 Å². The Morgan fingerprint density at radius 2 is 1.74 bits per heavy atom. The van der Waals surface area contributed by atoms with Gasteiger partial charge in [-0.15, -0.1) is 0 Å². The van der Waals surface area contributed by atoms with Gasteiger partial charge < -0.3 is 14.8 Å². The maximum atomic E-state index is 12.3. The Morgan fingerprint density at radius 3 is 2.30 bits per heavy atom. The first-order valence-corrected chi connectivity index (χ1v) is 7.42. The number of rotatable bonds is 7. The van der Waals surface area contributed by atoms with Gasteiger partial charge >= 0.3 is 0 Å². The van der Waals surface area contributed by atoms with Crippen LogP contribution in [0.2, 0.25) is 0 Å². The highest BCUT2D eigenvalue weighted by Crippen LogP contribution is 2.18. The molecular formula is C19H21NO3. The fourth-order valence-electron chi connectivity index (χ4n) is 2.11. The van der Waals surface area contributed by atoms with Crippen molar-refractivity contribution < 1.29 is 14.3 Å². The average Bonchev–Trinajstić information content (AvgIpc) is 2.60. The zero-order valence-corrected chi connectivity index (χ0v) is 13.4. The van der Waals surface area contributed by atoms with Crippen LogP contribution in [0.15, 0.2) is 61.2 Å². The fourth-order valence-corrected chi connectivity index (χ4v) is 2.11. The van der Waals surface area contributed by atoms with Gasteiger partial charge in [-0.3, -0.25) is 4.79 Å². The van der Waals surface area contributed by atoms with Crippen molar-refractivity contribution in [3.05, 3.63) is 72.3 Å². The molecule has 0 saturated carbocycles. The van der Waals surface area contributed by atoms with Crippen molar-refractivity contribution in [3.63, 3.8) is 0 Å². The smallest absolute Gasteiger partial charge is 0.251 e. The third-order valence-electron chi connectivity index (χ3n) is 3.45. The molecule has 0 aliphatic heterocycles. The van der Waals surface area contributed by atoms with Crippen LogP contribution in [-0.2, 0) is 0 Å². The van der Waals surface area contributed by atoms with Crippen LogP contribution < -0.4 is 14.8 Å². The molecule has 0 bridgehead atoms. The summed E-state index contributed by atoms with van der Waals surface area (Å²) in [6.07, 6.45) is 1.68. The summed E-state index contributed by atoms with van der Waals surface area (Å²) in [4.78, 5) is 12.3. The number of amides is 1. The Labute approximate surface area is 136 Å². The highest BCUT2D eigenvalue weighted by Gasteiger charge is 2.11. The van der Waals surface area contributed by atoms with Crippen molar-refractivity contribution in [1.29, 1.82) is 0 Å². The number of ether oxygens (including phenoxy) is 2. The molecule has 0 aliphatic carbocycles. The van der Waals surface area contributed by atoms with E-state index in [2.05, 4.69) is 11.9 Å². The van der Waals surface area contributed by atoms with Gasteiger partial charge in [0.05, 0.1) is 13.2 Å². The molecule has 0 aliphatic rings. The van der Waals surface area contributed by atoms with Crippen LogP contribution in [0.4, 0.5) is 0 Å². The van der Waals surface area contributed by atoms with Crippen LogP contribution in [0.3, 0.4) is 0 Å². The Morgan fingerprint density at radius 1 is 1.13 bits per heavy atom. The van der Waals surface area contributed by atoms with Crippen LogP contribution in [0, 0.1) is 0 Å². The van der Waals surface area contributed by atoms with E-state index in [-0.39, 0.29) is 11.9 Å². The lowest BCUT2D eigenvalue weighted by Gasteiger charge is -2.15. The van der Waals surface area contributed by atoms with Crippen molar-refractivity contribution in [2.75, 3.05) is 13.7 Å². The SMILES string of the molecule is C=CCOc1ccc(C(=O)N[C@@H](C)c2ccc(OC)cc2)cc1. The molecule has 1 atom stereocenters. The molecule has 1 N–H and O–H groups in total. The van der Waals surface area contributed by atoms with Gasteiger partial charge in [0, 0.05) is 5.56 Å². The van der Waals surface area contributed by atoms with Crippen LogP contribution in [0.1, 0.15) is 28.9 Å². The molecule has 4 nitrogen and oxygen atoms in total. The number of nitrogens with one attached hydrogen (secondary N) is 1. The second kappa shape index (κ2) is 8.03. The number of methoxy groups -OCH3 is 1. The molecule has 0 heterocycles. The van der Waals surface area contributed by atoms with Crippen molar-refractivity contribution in [2.24, 2.45) is 0 Å². The van der Waals surface area contributed by atoms with Crippen molar-refractivity contribution >= 4 is 5.91 Å². The van der Waals surface area contributed by atoms with Crippen molar-refractivity contribution in [2.45, 2.75) is 13.0 Å². The maximum absolute atomic E-state index is 12.3. The number of carbonyl (C=O) groups is 1. The second-order valence-corrected chi connectivity index (χ2v) is 5.09.